The lowest BCUT2D eigenvalue weighted by Gasteiger charge is -2.28. The molecular formula is C32H46ClN5O12. The largest absolute Gasteiger partial charge is 0.509 e. The molecule has 3 rings (SSSR count). The van der Waals surface area contributed by atoms with Gasteiger partial charge in [-0.25, -0.2) is 24.2 Å². The lowest BCUT2D eigenvalue weighted by molar-refractivity contribution is -0.164. The van der Waals surface area contributed by atoms with Crippen molar-refractivity contribution in [2.45, 2.75) is 124 Å². The average molecular weight is 728 g/mol. The maximum atomic E-state index is 13.4. The summed E-state index contributed by atoms with van der Waals surface area (Å²) in [5.41, 5.74) is -3.04. The number of ether oxygens (including phenoxy) is 7. The summed E-state index contributed by atoms with van der Waals surface area (Å²) in [6.07, 6.45) is -6.60. The number of amides is 2. The van der Waals surface area contributed by atoms with E-state index in [9.17, 15) is 24.0 Å². The van der Waals surface area contributed by atoms with Crippen LogP contribution in [-0.4, -0.2) is 97.9 Å². The monoisotopic (exact) mass is 727 g/mol. The molecule has 1 unspecified atom stereocenters. The van der Waals surface area contributed by atoms with E-state index < -0.39 is 77.4 Å². The second-order valence-corrected chi connectivity index (χ2v) is 14.8. The summed E-state index contributed by atoms with van der Waals surface area (Å²) < 4.78 is 40.4. The van der Waals surface area contributed by atoms with Crippen LogP contribution in [0.2, 0.25) is 5.28 Å². The number of hydrogen-bond acceptors (Lipinski definition) is 15. The van der Waals surface area contributed by atoms with Crippen molar-refractivity contribution < 1.29 is 57.1 Å². The molecule has 0 aliphatic carbocycles. The molecule has 2 aromatic rings. The first-order valence-electron chi connectivity index (χ1n) is 15.9. The summed E-state index contributed by atoms with van der Waals surface area (Å²) in [4.78, 5) is 77.7. The number of halogens is 1. The maximum absolute atomic E-state index is 13.4. The summed E-state index contributed by atoms with van der Waals surface area (Å²) in [6.45, 7) is 18.9. The molecule has 2 aromatic heterocycles. The molecule has 278 valence electrons. The van der Waals surface area contributed by atoms with Crippen LogP contribution in [0.3, 0.4) is 0 Å². The van der Waals surface area contributed by atoms with E-state index in [4.69, 9.17) is 44.8 Å². The van der Waals surface area contributed by atoms with Gasteiger partial charge < -0.3 is 33.2 Å². The molecule has 3 heterocycles. The summed E-state index contributed by atoms with van der Waals surface area (Å²) in [6, 6.07) is 0. The van der Waals surface area contributed by atoms with Gasteiger partial charge in [0, 0.05) is 5.92 Å². The lowest BCUT2D eigenvalue weighted by atomic mass is 10.0. The first kappa shape index (κ1) is 40.3. The summed E-state index contributed by atoms with van der Waals surface area (Å²) >= 11 is 6.36. The van der Waals surface area contributed by atoms with Gasteiger partial charge in [-0.1, -0.05) is 6.92 Å². The molecule has 0 aromatic carbocycles. The number of Topliss-reactive ketones (excluding diaryl/α,β-unsaturated/α-hetero) is 1. The Labute approximate surface area is 295 Å². The van der Waals surface area contributed by atoms with Gasteiger partial charge in [0.15, 0.2) is 35.1 Å². The zero-order valence-electron chi connectivity index (χ0n) is 30.4. The Morgan fingerprint density at radius 3 is 2.00 bits per heavy atom. The highest BCUT2D eigenvalue weighted by Crippen LogP contribution is 2.39. The van der Waals surface area contributed by atoms with E-state index >= 15 is 0 Å². The highest BCUT2D eigenvalue weighted by molar-refractivity contribution is 6.29. The fourth-order valence-corrected chi connectivity index (χ4v) is 4.82. The van der Waals surface area contributed by atoms with Crippen molar-refractivity contribution in [2.75, 3.05) is 18.1 Å². The average Bonchev–Trinajstić information content (AvgIpc) is 3.46. The molecule has 0 spiro atoms. The van der Waals surface area contributed by atoms with Gasteiger partial charge in [-0.3, -0.25) is 9.36 Å². The predicted octanol–water partition coefficient (Wildman–Crippen LogP) is 5.55. The van der Waals surface area contributed by atoms with Crippen LogP contribution in [0.1, 0.15) is 89.3 Å². The van der Waals surface area contributed by atoms with Crippen LogP contribution in [0.4, 0.5) is 20.2 Å². The Kier molecular flexibility index (Phi) is 12.4. The number of esters is 1. The predicted molar refractivity (Wildman–Crippen MR) is 177 cm³/mol. The van der Waals surface area contributed by atoms with E-state index in [0.717, 1.165) is 0 Å². The van der Waals surface area contributed by atoms with Crippen LogP contribution in [0.25, 0.3) is 11.2 Å². The lowest BCUT2D eigenvalue weighted by Crippen LogP contribution is -2.44. The van der Waals surface area contributed by atoms with E-state index in [-0.39, 0.29) is 35.5 Å². The topological polar surface area (TPSA) is 197 Å². The van der Waals surface area contributed by atoms with E-state index in [0.29, 0.717) is 4.90 Å². The minimum atomic E-state index is -1.51. The van der Waals surface area contributed by atoms with Crippen molar-refractivity contribution in [3.05, 3.63) is 11.6 Å². The number of anilines is 1. The summed E-state index contributed by atoms with van der Waals surface area (Å²) in [7, 11) is 0. The van der Waals surface area contributed by atoms with Crippen LogP contribution >= 0.6 is 11.6 Å². The molecule has 18 heteroatoms. The number of nitrogens with zero attached hydrogens (tertiary/aromatic N) is 5. The van der Waals surface area contributed by atoms with Crippen molar-refractivity contribution in [2.24, 2.45) is 5.92 Å². The van der Waals surface area contributed by atoms with Gasteiger partial charge in [0.2, 0.25) is 11.4 Å². The third kappa shape index (κ3) is 10.5. The SMILES string of the molecule is CCOC(=O)C(OC[C@H]1O[C@@H](n2cnc3c(N(C(=O)OC(C)(C)C)C(=O)OC(C)(C)C)nc(Cl)nc32)[C@H](OC(=O)OC(C)(C)C)[C@@H]1C)C(C)=O. The molecule has 1 saturated heterocycles. The molecule has 0 bridgehead atoms. The zero-order valence-corrected chi connectivity index (χ0v) is 31.1. The number of carbonyl (C=O) groups is 5. The first-order valence-corrected chi connectivity index (χ1v) is 16.3. The van der Waals surface area contributed by atoms with Gasteiger partial charge in [-0.15, -0.1) is 0 Å². The molecule has 0 saturated carbocycles. The van der Waals surface area contributed by atoms with Gasteiger partial charge in [0.25, 0.3) is 0 Å². The molecule has 0 radical (unpaired) electrons. The van der Waals surface area contributed by atoms with Crippen LogP contribution in [0.5, 0.6) is 0 Å². The molecule has 17 nitrogen and oxygen atoms in total. The number of hydrogen-bond donors (Lipinski definition) is 0. The number of ketones is 1. The quantitative estimate of drug-likeness (QED) is 0.135. The Morgan fingerprint density at radius 2 is 1.50 bits per heavy atom. The Morgan fingerprint density at radius 1 is 0.940 bits per heavy atom. The van der Waals surface area contributed by atoms with Crippen LogP contribution in [0, 0.1) is 5.92 Å². The molecule has 1 fully saturated rings. The maximum Gasteiger partial charge on any atom is 0.509 e. The first-order chi connectivity index (χ1) is 22.9. The van der Waals surface area contributed by atoms with Crippen LogP contribution < -0.4 is 4.90 Å². The molecule has 1 aliphatic rings. The van der Waals surface area contributed by atoms with E-state index in [1.165, 1.54) is 17.8 Å². The minimum Gasteiger partial charge on any atom is -0.464 e. The molecule has 5 atom stereocenters. The minimum absolute atomic E-state index is 0.0261. The van der Waals surface area contributed by atoms with Crippen molar-refractivity contribution in [1.29, 1.82) is 0 Å². The van der Waals surface area contributed by atoms with Gasteiger partial charge in [-0.05, 0) is 87.8 Å². The Hall–Kier alpha value is -4.09. The number of imidazole rings is 1. The fourth-order valence-electron chi connectivity index (χ4n) is 4.66. The molecule has 1 aliphatic heterocycles. The summed E-state index contributed by atoms with van der Waals surface area (Å²) in [5, 5.41) is -0.388. The van der Waals surface area contributed by atoms with Gasteiger partial charge in [-0.2, -0.15) is 14.9 Å². The fraction of sp³-hybridized carbons (Fsp3) is 0.688. The van der Waals surface area contributed by atoms with Crippen molar-refractivity contribution >= 4 is 58.7 Å². The van der Waals surface area contributed by atoms with E-state index in [1.54, 1.807) is 76.2 Å². The highest BCUT2D eigenvalue weighted by Gasteiger charge is 2.48. The number of carbonyl (C=O) groups excluding carboxylic acids is 5. The molecule has 0 N–H and O–H groups in total. The second kappa shape index (κ2) is 15.4. The standard InChI is InChI=1S/C32H46ClN5O12/c1-13-44-25(40)21(17(3)39)45-14-18-16(2)20(47-29(43)50-32(10,11)12)24(46-18)37-15-34-19-22(37)35-26(33)36-23(19)38(27(41)48-30(4,5)6)28(42)49-31(7,8)9/h15-16,18,20-21,24H,13-14H2,1-12H3/t16-,18-,20-,21?,24-/m1/s1. The van der Waals surface area contributed by atoms with E-state index in [2.05, 4.69) is 15.0 Å². The normalized spacial score (nSPS) is 20.2. The van der Waals surface area contributed by atoms with Gasteiger partial charge in [0.05, 0.1) is 25.6 Å². The van der Waals surface area contributed by atoms with E-state index in [1.807, 2.05) is 0 Å². The second-order valence-electron chi connectivity index (χ2n) is 14.5. The summed E-state index contributed by atoms with van der Waals surface area (Å²) in [5.74, 6) is -2.41. The van der Waals surface area contributed by atoms with Crippen LogP contribution in [0.15, 0.2) is 6.33 Å². The van der Waals surface area contributed by atoms with Crippen molar-refractivity contribution in [1.82, 2.24) is 19.5 Å². The van der Waals surface area contributed by atoms with Crippen molar-refractivity contribution in [3.63, 3.8) is 0 Å². The van der Waals surface area contributed by atoms with Gasteiger partial charge in [0.1, 0.15) is 16.8 Å². The Balaban J connectivity index is 2.12. The number of aromatic nitrogens is 4. The zero-order chi connectivity index (χ0) is 37.9. The third-order valence-corrected chi connectivity index (χ3v) is 6.80. The number of fused-ring (bicyclic) bond motifs is 1. The highest BCUT2D eigenvalue weighted by atomic mass is 35.5. The number of rotatable bonds is 9. The Bertz CT molecular complexity index is 1560. The van der Waals surface area contributed by atoms with Crippen LogP contribution in [-0.2, 0) is 42.7 Å². The van der Waals surface area contributed by atoms with Crippen molar-refractivity contribution in [3.8, 4) is 0 Å². The third-order valence-electron chi connectivity index (χ3n) is 6.63. The molecule has 50 heavy (non-hydrogen) atoms. The number of imide groups is 1. The van der Waals surface area contributed by atoms with Gasteiger partial charge >= 0.3 is 24.3 Å². The molecular weight excluding hydrogens is 682 g/mol. The molecule has 2 amide bonds. The smallest absolute Gasteiger partial charge is 0.464 e.